The van der Waals surface area contributed by atoms with Gasteiger partial charge in [-0.15, -0.1) is 0 Å². The average Bonchev–Trinajstić information content (AvgIpc) is 2.76. The van der Waals surface area contributed by atoms with Crippen molar-refractivity contribution in [1.29, 1.82) is 0 Å². The van der Waals surface area contributed by atoms with E-state index in [0.717, 1.165) is 16.6 Å². The molecule has 2 aromatic carbocycles. The molecule has 0 spiro atoms. The lowest BCUT2D eigenvalue weighted by Crippen LogP contribution is -2.30. The van der Waals surface area contributed by atoms with Crippen LogP contribution in [-0.2, 0) is 20.1 Å². The molecule has 0 bridgehead atoms. The smallest absolute Gasteiger partial charge is 0.257 e. The molecule has 0 aliphatic heterocycles. The third-order valence-corrected chi connectivity index (χ3v) is 5.35. The third-order valence-electron chi connectivity index (χ3n) is 5.10. The lowest BCUT2D eigenvalue weighted by molar-refractivity contribution is 0.0949. The summed E-state index contributed by atoms with van der Waals surface area (Å²) in [6.07, 6.45) is 1.55. The Kier molecular flexibility index (Phi) is 7.81. The number of halogens is 1. The third kappa shape index (κ3) is 5.71. The Morgan fingerprint density at radius 1 is 1.06 bits per heavy atom. The molecule has 0 saturated carbocycles. The number of pyridine rings is 1. The van der Waals surface area contributed by atoms with Crippen molar-refractivity contribution in [2.45, 2.75) is 13.1 Å². The summed E-state index contributed by atoms with van der Waals surface area (Å²) in [7, 11) is 1.79. The molecule has 3 rings (SSSR count). The number of amides is 1. The number of nitrogens with one attached hydrogen (secondary N) is 1. The predicted octanol–water partition coefficient (Wildman–Crippen LogP) is 1.91. The molecule has 1 amide bonds. The molecule has 0 aliphatic rings. The lowest BCUT2D eigenvalue weighted by atomic mass is 10.1. The van der Waals surface area contributed by atoms with Crippen LogP contribution in [0.4, 0.5) is 0 Å². The van der Waals surface area contributed by atoms with Crippen molar-refractivity contribution < 1.29 is 15.0 Å². The van der Waals surface area contributed by atoms with E-state index < -0.39 is 5.91 Å². The van der Waals surface area contributed by atoms with Gasteiger partial charge in [-0.05, 0) is 35.4 Å². The normalized spacial score (nSPS) is 11.3. The highest BCUT2D eigenvalue weighted by Gasteiger charge is 2.15. The second kappa shape index (κ2) is 10.5. The molecule has 8 heteroatoms. The molecule has 3 aromatic rings. The number of fused-ring (bicyclic) bond motifs is 1. The van der Waals surface area contributed by atoms with E-state index in [9.17, 15) is 19.8 Å². The fraction of sp³-hybridized carbons (Fsp3) is 0.304. The summed E-state index contributed by atoms with van der Waals surface area (Å²) in [4.78, 5) is 27.7. The molecule has 7 nitrogen and oxygen atoms in total. The summed E-state index contributed by atoms with van der Waals surface area (Å²) in [6.45, 7) is 1.57. The summed E-state index contributed by atoms with van der Waals surface area (Å²) in [5, 5.41) is 22.3. The number of benzene rings is 2. The van der Waals surface area contributed by atoms with E-state index in [1.54, 1.807) is 36.0 Å². The van der Waals surface area contributed by atoms with Crippen LogP contribution in [-0.4, -0.2) is 51.9 Å². The SMILES string of the molecule is Cn1cc(C(=O)NCc2ccc(Cl)cc2)c(=O)c2cc(CN(CCO)CCO)ccc21. The topological polar surface area (TPSA) is 94.8 Å². The van der Waals surface area contributed by atoms with E-state index >= 15 is 0 Å². The lowest BCUT2D eigenvalue weighted by Gasteiger charge is -2.20. The van der Waals surface area contributed by atoms with Gasteiger partial charge in [-0.3, -0.25) is 14.5 Å². The molecule has 1 heterocycles. The molecule has 0 unspecified atom stereocenters. The number of carbonyl (C=O) groups is 1. The van der Waals surface area contributed by atoms with Gasteiger partial charge in [-0.1, -0.05) is 29.8 Å². The minimum Gasteiger partial charge on any atom is -0.395 e. The second-order valence-corrected chi connectivity index (χ2v) is 7.80. The number of aliphatic hydroxyl groups is 2. The van der Waals surface area contributed by atoms with Crippen molar-refractivity contribution in [3.63, 3.8) is 0 Å². The summed E-state index contributed by atoms with van der Waals surface area (Å²) in [5.41, 5.74) is 2.21. The Balaban J connectivity index is 1.86. The van der Waals surface area contributed by atoms with Gasteiger partial charge >= 0.3 is 0 Å². The van der Waals surface area contributed by atoms with E-state index in [4.69, 9.17) is 11.6 Å². The molecule has 1 aromatic heterocycles. The number of nitrogens with zero attached hydrogens (tertiary/aromatic N) is 2. The van der Waals surface area contributed by atoms with Gasteiger partial charge in [-0.2, -0.15) is 0 Å². The molecular weight excluding hydrogens is 418 g/mol. The highest BCUT2D eigenvalue weighted by atomic mass is 35.5. The zero-order chi connectivity index (χ0) is 22.4. The van der Waals surface area contributed by atoms with Crippen LogP contribution in [0.5, 0.6) is 0 Å². The van der Waals surface area contributed by atoms with Gasteiger partial charge in [-0.25, -0.2) is 0 Å². The van der Waals surface area contributed by atoms with Crippen LogP contribution < -0.4 is 10.7 Å². The molecule has 3 N–H and O–H groups in total. The summed E-state index contributed by atoms with van der Waals surface area (Å²) in [5.74, 6) is -0.440. The minimum atomic E-state index is -0.440. The number of aromatic nitrogens is 1. The zero-order valence-electron chi connectivity index (χ0n) is 17.3. The number of hydrogen-bond donors (Lipinski definition) is 3. The first kappa shape index (κ1) is 23.0. The molecule has 31 heavy (non-hydrogen) atoms. The Labute approximate surface area is 185 Å². The Hall–Kier alpha value is -2.71. The van der Waals surface area contributed by atoms with Crippen molar-refractivity contribution in [1.82, 2.24) is 14.8 Å². The average molecular weight is 444 g/mol. The van der Waals surface area contributed by atoms with Crippen molar-refractivity contribution >= 4 is 28.4 Å². The first-order valence-electron chi connectivity index (χ1n) is 10.0. The maximum atomic E-state index is 13.1. The van der Waals surface area contributed by atoms with E-state index in [1.807, 2.05) is 29.2 Å². The molecule has 0 aliphatic carbocycles. The summed E-state index contributed by atoms with van der Waals surface area (Å²) < 4.78 is 1.76. The van der Waals surface area contributed by atoms with Gasteiger partial charge in [0.2, 0.25) is 5.43 Å². The van der Waals surface area contributed by atoms with E-state index in [-0.39, 0.29) is 30.8 Å². The van der Waals surface area contributed by atoms with Crippen molar-refractivity contribution in [3.05, 3.63) is 80.6 Å². The van der Waals surface area contributed by atoms with Crippen LogP contribution in [0.15, 0.2) is 53.5 Å². The van der Waals surface area contributed by atoms with E-state index in [0.29, 0.717) is 30.0 Å². The predicted molar refractivity (Wildman–Crippen MR) is 121 cm³/mol. The van der Waals surface area contributed by atoms with Gasteiger partial charge in [0, 0.05) is 49.8 Å². The molecular formula is C23H26ClN3O4. The van der Waals surface area contributed by atoms with Crippen LogP contribution in [0.1, 0.15) is 21.5 Å². The molecule has 0 atom stereocenters. The summed E-state index contributed by atoms with van der Waals surface area (Å²) >= 11 is 5.88. The van der Waals surface area contributed by atoms with Crippen LogP contribution in [0.3, 0.4) is 0 Å². The summed E-state index contributed by atoms with van der Waals surface area (Å²) in [6, 6.07) is 12.7. The molecule has 0 fully saturated rings. The van der Waals surface area contributed by atoms with Crippen LogP contribution in [0.25, 0.3) is 10.9 Å². The van der Waals surface area contributed by atoms with Gasteiger partial charge in [0.25, 0.3) is 5.91 Å². The fourth-order valence-electron chi connectivity index (χ4n) is 3.49. The highest BCUT2D eigenvalue weighted by Crippen LogP contribution is 2.16. The molecule has 0 saturated heterocycles. The number of rotatable bonds is 9. The Bertz CT molecular complexity index is 1110. The first-order chi connectivity index (χ1) is 14.9. The van der Waals surface area contributed by atoms with Crippen LogP contribution in [0, 0.1) is 0 Å². The van der Waals surface area contributed by atoms with Crippen molar-refractivity contribution in [3.8, 4) is 0 Å². The largest absolute Gasteiger partial charge is 0.395 e. The highest BCUT2D eigenvalue weighted by molar-refractivity contribution is 6.30. The number of aliphatic hydroxyl groups excluding tert-OH is 2. The Morgan fingerprint density at radius 2 is 1.71 bits per heavy atom. The number of hydrogen-bond acceptors (Lipinski definition) is 5. The maximum Gasteiger partial charge on any atom is 0.257 e. The second-order valence-electron chi connectivity index (χ2n) is 7.37. The van der Waals surface area contributed by atoms with Crippen LogP contribution in [0.2, 0.25) is 5.02 Å². The minimum absolute atomic E-state index is 0.0205. The van der Waals surface area contributed by atoms with E-state index in [2.05, 4.69) is 5.32 Å². The molecule has 164 valence electrons. The monoisotopic (exact) mass is 443 g/mol. The van der Waals surface area contributed by atoms with E-state index in [1.165, 1.54) is 0 Å². The molecule has 0 radical (unpaired) electrons. The van der Waals surface area contributed by atoms with Crippen LogP contribution >= 0.6 is 11.6 Å². The Morgan fingerprint density at radius 3 is 2.35 bits per heavy atom. The van der Waals surface area contributed by atoms with Gasteiger partial charge in [0.05, 0.1) is 18.7 Å². The quantitative estimate of drug-likeness (QED) is 0.469. The first-order valence-corrected chi connectivity index (χ1v) is 10.4. The number of carbonyl (C=O) groups excluding carboxylic acids is 1. The number of aryl methyl sites for hydroxylation is 1. The standard InChI is InChI=1S/C23H26ClN3O4/c1-26-15-20(23(31)25-13-16-2-5-18(24)6-3-16)22(30)19-12-17(4-7-21(19)26)14-27(8-10-28)9-11-29/h2-7,12,15,28-29H,8-11,13-14H2,1H3,(H,25,31). The van der Waals surface area contributed by atoms with Gasteiger partial charge < -0.3 is 20.1 Å². The van der Waals surface area contributed by atoms with Crippen molar-refractivity contribution in [2.24, 2.45) is 7.05 Å². The van der Waals surface area contributed by atoms with Gasteiger partial charge in [0.15, 0.2) is 0 Å². The fourth-order valence-corrected chi connectivity index (χ4v) is 3.62. The van der Waals surface area contributed by atoms with Crippen molar-refractivity contribution in [2.75, 3.05) is 26.3 Å². The van der Waals surface area contributed by atoms with Gasteiger partial charge in [0.1, 0.15) is 5.56 Å². The zero-order valence-corrected chi connectivity index (χ0v) is 18.1. The maximum absolute atomic E-state index is 13.1.